The minimum Gasteiger partial charge on any atom is -0.388 e. The molecule has 0 spiro atoms. The van der Waals surface area contributed by atoms with Gasteiger partial charge in [0.2, 0.25) is 17.7 Å². The molecule has 1 saturated carbocycles. The van der Waals surface area contributed by atoms with Crippen LogP contribution >= 0.6 is 0 Å². The molecule has 3 aromatic heterocycles. The van der Waals surface area contributed by atoms with Crippen molar-refractivity contribution in [2.24, 2.45) is 5.41 Å². The first-order valence-corrected chi connectivity index (χ1v) is 14.9. The fraction of sp³-hybridized carbons (Fsp3) is 0.394. The molecule has 10 nitrogen and oxygen atoms in total. The molecule has 1 N–H and O–H groups in total. The van der Waals surface area contributed by atoms with Crippen molar-refractivity contribution >= 4 is 34.3 Å². The summed E-state index contributed by atoms with van der Waals surface area (Å²) in [6, 6.07) is 5.27. The van der Waals surface area contributed by atoms with Crippen LogP contribution in [0.2, 0.25) is 0 Å². The number of ketones is 1. The number of Topliss-reactive ketones (excluding diaryl/α,β-unsaturated/α-hetero) is 1. The highest BCUT2D eigenvalue weighted by atomic mass is 19.4. The van der Waals surface area contributed by atoms with Gasteiger partial charge in [0.15, 0.2) is 5.78 Å². The van der Waals surface area contributed by atoms with E-state index in [-0.39, 0.29) is 35.5 Å². The van der Waals surface area contributed by atoms with E-state index in [4.69, 9.17) is 0 Å². The first-order chi connectivity index (χ1) is 21.6. The van der Waals surface area contributed by atoms with E-state index in [1.807, 2.05) is 26.0 Å². The number of anilines is 1. The van der Waals surface area contributed by atoms with Crippen LogP contribution in [0.5, 0.6) is 5.88 Å². The highest BCUT2D eigenvalue weighted by Crippen LogP contribution is 2.54. The van der Waals surface area contributed by atoms with Crippen LogP contribution < -0.4 is 10.1 Å². The molecule has 2 fully saturated rings. The zero-order valence-electron chi connectivity index (χ0n) is 26.0. The number of likely N-dealkylation sites (tertiary alicyclic amines) is 1. The van der Waals surface area contributed by atoms with Gasteiger partial charge in [0.25, 0.3) is 0 Å². The number of benzene rings is 1. The van der Waals surface area contributed by atoms with E-state index >= 15 is 0 Å². The Hall–Kier alpha value is -4.81. The van der Waals surface area contributed by atoms with Crippen LogP contribution in [-0.4, -0.2) is 60.5 Å². The summed E-state index contributed by atoms with van der Waals surface area (Å²) in [5.41, 5.74) is 3.85. The predicted molar refractivity (Wildman–Crippen MR) is 163 cm³/mol. The lowest BCUT2D eigenvalue weighted by Crippen LogP contribution is -2.52. The number of pyridine rings is 1. The number of ether oxygens (including phenoxy) is 1. The second-order valence-corrected chi connectivity index (χ2v) is 12.5. The number of hydrogen-bond donors (Lipinski definition) is 1. The van der Waals surface area contributed by atoms with Crippen LogP contribution in [0.25, 0.3) is 22.0 Å². The summed E-state index contributed by atoms with van der Waals surface area (Å²) >= 11 is 0. The molecule has 1 saturated heterocycles. The topological polar surface area (TPSA) is 119 Å². The number of nitrogens with zero attached hydrogens (tertiary/aromatic N) is 5. The molecule has 3 atom stereocenters. The highest BCUT2D eigenvalue weighted by Gasteiger charge is 2.58. The van der Waals surface area contributed by atoms with Crippen molar-refractivity contribution in [1.29, 1.82) is 0 Å². The molecule has 0 bridgehead atoms. The molecule has 46 heavy (non-hydrogen) atoms. The molecule has 1 aliphatic heterocycles. The molecule has 13 heteroatoms. The van der Waals surface area contributed by atoms with Gasteiger partial charge in [-0.3, -0.25) is 14.4 Å². The average molecular weight is 635 g/mol. The number of aryl methyl sites for hydroxylation is 3. The van der Waals surface area contributed by atoms with Gasteiger partial charge in [-0.2, -0.15) is 4.98 Å². The Balaban J connectivity index is 1.30. The third-order valence-corrected chi connectivity index (χ3v) is 9.21. The first kappa shape index (κ1) is 31.2. The Morgan fingerprint density at radius 2 is 1.78 bits per heavy atom. The predicted octanol–water partition coefficient (Wildman–Crippen LogP) is 5.93. The van der Waals surface area contributed by atoms with E-state index in [0.29, 0.717) is 28.8 Å². The third-order valence-electron chi connectivity index (χ3n) is 9.21. The largest absolute Gasteiger partial charge is 0.574 e. The Morgan fingerprint density at radius 3 is 2.41 bits per heavy atom. The summed E-state index contributed by atoms with van der Waals surface area (Å²) in [5.74, 6) is -1.12. The lowest BCUT2D eigenvalue weighted by Gasteiger charge is -2.44. The van der Waals surface area contributed by atoms with Crippen LogP contribution in [0, 0.1) is 26.2 Å². The zero-order chi connectivity index (χ0) is 33.1. The summed E-state index contributed by atoms with van der Waals surface area (Å²) in [4.78, 5) is 54.6. The van der Waals surface area contributed by atoms with Crippen molar-refractivity contribution < 1.29 is 32.3 Å². The molecular formula is C33H33F3N6O4. The van der Waals surface area contributed by atoms with Crippen molar-refractivity contribution in [3.63, 3.8) is 0 Å². The van der Waals surface area contributed by atoms with Gasteiger partial charge in [0.1, 0.15) is 24.2 Å². The molecule has 1 aliphatic carbocycles. The average Bonchev–Trinajstić information content (AvgIpc) is 3.43. The van der Waals surface area contributed by atoms with Crippen LogP contribution in [0.15, 0.2) is 42.9 Å². The lowest BCUT2D eigenvalue weighted by atomic mass is 9.66. The van der Waals surface area contributed by atoms with E-state index in [2.05, 4.69) is 25.0 Å². The van der Waals surface area contributed by atoms with Gasteiger partial charge < -0.3 is 19.5 Å². The summed E-state index contributed by atoms with van der Waals surface area (Å²) in [5, 5.41) is 3.34. The van der Waals surface area contributed by atoms with Crippen molar-refractivity contribution in [3.8, 4) is 17.0 Å². The van der Waals surface area contributed by atoms with Gasteiger partial charge in [-0.15, -0.1) is 13.2 Å². The highest BCUT2D eigenvalue weighted by molar-refractivity contribution is 6.09. The minimum absolute atomic E-state index is 0.0727. The molecule has 2 amide bonds. The fourth-order valence-corrected chi connectivity index (χ4v) is 6.81. The molecular weight excluding hydrogens is 601 g/mol. The van der Waals surface area contributed by atoms with Crippen molar-refractivity contribution in [3.05, 3.63) is 65.4 Å². The normalized spacial score (nSPS) is 20.7. The van der Waals surface area contributed by atoms with Crippen molar-refractivity contribution in [1.82, 2.24) is 24.4 Å². The summed E-state index contributed by atoms with van der Waals surface area (Å²) < 4.78 is 44.1. The number of aromatic nitrogens is 4. The smallest absolute Gasteiger partial charge is 0.388 e. The maximum Gasteiger partial charge on any atom is 0.574 e. The summed E-state index contributed by atoms with van der Waals surface area (Å²) in [7, 11) is 0. The zero-order valence-corrected chi connectivity index (χ0v) is 26.0. The number of alkyl halides is 3. The SMILES string of the molecule is CC(=O)c1cn(CC(=O)N2[C@H](C(=O)Nc3nc(OC(F)(F)F)ccc3C)C[C@@]3(C)CC[C@@H]23)c2c(C)cc(-c3cnc(C)nc3)cc12. The van der Waals surface area contributed by atoms with Gasteiger partial charge in [-0.1, -0.05) is 13.0 Å². The second-order valence-electron chi connectivity index (χ2n) is 12.5. The summed E-state index contributed by atoms with van der Waals surface area (Å²) in [6.45, 7) is 8.71. The van der Waals surface area contributed by atoms with E-state index in [1.165, 1.54) is 13.0 Å². The Bertz CT molecular complexity index is 1890. The van der Waals surface area contributed by atoms with Crippen LogP contribution in [-0.2, 0) is 16.1 Å². The van der Waals surface area contributed by atoms with Gasteiger partial charge in [-0.05, 0) is 81.2 Å². The van der Waals surface area contributed by atoms with E-state index in [1.54, 1.807) is 41.9 Å². The standard InChI is InChI=1S/C33H33F3N6O4/c1-17-6-7-27(46-33(34,35)36)39-30(17)40-31(45)25-12-32(5)9-8-26(32)42(25)28(44)16-41-15-24(19(3)43)23-11-21(10-18(2)29(23)41)22-13-37-20(4)38-14-22/h6-7,10-11,13-15,25-26H,8-9,12,16H2,1-5H3,(H,39,40,45)/t25-,26+,32+/m0/s1. The lowest BCUT2D eigenvalue weighted by molar-refractivity contribution is -0.276. The molecule has 4 aromatic rings. The maximum atomic E-state index is 14.1. The maximum absolute atomic E-state index is 14.1. The number of hydrogen-bond acceptors (Lipinski definition) is 7. The number of rotatable bonds is 7. The fourth-order valence-electron chi connectivity index (χ4n) is 6.81. The number of amides is 2. The van der Waals surface area contributed by atoms with E-state index < -0.39 is 24.2 Å². The Labute approximate surface area is 263 Å². The number of fused-ring (bicyclic) bond motifs is 2. The van der Waals surface area contributed by atoms with Crippen molar-refractivity contribution in [2.75, 3.05) is 5.32 Å². The molecule has 4 heterocycles. The van der Waals surface area contributed by atoms with Gasteiger partial charge in [-0.25, -0.2) is 9.97 Å². The van der Waals surface area contributed by atoms with Crippen LogP contribution in [0.1, 0.15) is 60.4 Å². The monoisotopic (exact) mass is 634 g/mol. The summed E-state index contributed by atoms with van der Waals surface area (Å²) in [6.07, 6.45) is 2.15. The number of carbonyl (C=O) groups excluding carboxylic acids is 3. The first-order valence-electron chi connectivity index (χ1n) is 14.9. The molecule has 240 valence electrons. The minimum atomic E-state index is -4.94. The van der Waals surface area contributed by atoms with Crippen LogP contribution in [0.3, 0.4) is 0 Å². The van der Waals surface area contributed by atoms with Gasteiger partial charge in [0.05, 0.1) is 5.52 Å². The van der Waals surface area contributed by atoms with E-state index in [0.717, 1.165) is 41.1 Å². The Kier molecular flexibility index (Phi) is 7.60. The molecule has 0 radical (unpaired) electrons. The third kappa shape index (κ3) is 5.69. The van der Waals surface area contributed by atoms with Gasteiger partial charge >= 0.3 is 6.36 Å². The second kappa shape index (κ2) is 11.2. The van der Waals surface area contributed by atoms with E-state index in [9.17, 15) is 27.6 Å². The van der Waals surface area contributed by atoms with Gasteiger partial charge in [0, 0.05) is 47.2 Å². The van der Waals surface area contributed by atoms with Crippen molar-refractivity contribution in [2.45, 2.75) is 78.9 Å². The molecule has 0 unspecified atom stereocenters. The molecule has 2 aliphatic rings. The quantitative estimate of drug-likeness (QED) is 0.251. The number of halogens is 3. The Morgan fingerprint density at radius 1 is 1.07 bits per heavy atom. The number of nitrogens with one attached hydrogen (secondary N) is 1. The molecule has 6 rings (SSSR count). The molecule has 1 aromatic carbocycles. The number of carbonyl (C=O) groups is 3. The van der Waals surface area contributed by atoms with Crippen LogP contribution in [0.4, 0.5) is 19.0 Å².